The van der Waals surface area contributed by atoms with E-state index in [0.717, 1.165) is 0 Å². The lowest BCUT2D eigenvalue weighted by Crippen LogP contribution is -2.56. The Hall–Kier alpha value is -4.11. The van der Waals surface area contributed by atoms with E-state index in [9.17, 15) is 28.8 Å². The van der Waals surface area contributed by atoms with Gasteiger partial charge in [-0.25, -0.2) is 14.3 Å². The lowest BCUT2D eigenvalue weighted by molar-refractivity contribution is -0.152. The van der Waals surface area contributed by atoms with Crippen molar-refractivity contribution >= 4 is 44.3 Å². The molecule has 16 nitrogen and oxygen atoms in total. The Bertz CT molecular complexity index is 1110. The number of hydrogen-bond acceptors (Lipinski definition) is 12. The molecular weight excluding hydrogens is 649 g/mol. The van der Waals surface area contributed by atoms with Crippen LogP contribution < -0.4 is 21.3 Å². The minimum Gasteiger partial charge on any atom is -0.461 e. The van der Waals surface area contributed by atoms with Gasteiger partial charge in [-0.05, 0) is 34.6 Å². The number of rotatable bonds is 25. The second-order valence-electron chi connectivity index (χ2n) is 10.4. The predicted octanol–water partition coefficient (Wildman–Crippen LogP) is 1.79. The Morgan fingerprint density at radius 2 is 1.25 bits per heavy atom. The Kier molecular flexibility index (Phi) is 22.8. The van der Waals surface area contributed by atoms with Crippen molar-refractivity contribution in [3.05, 3.63) is 50.6 Å². The highest BCUT2D eigenvalue weighted by Gasteiger charge is 2.32. The van der Waals surface area contributed by atoms with E-state index in [0.29, 0.717) is 0 Å². The van der Waals surface area contributed by atoms with Gasteiger partial charge < -0.3 is 44.5 Å². The Morgan fingerprint density at radius 1 is 0.688 bits per heavy atom. The number of carbonyl (C=O) groups excluding carboxylic acids is 6. The highest BCUT2D eigenvalue weighted by Crippen LogP contribution is 2.45. The average molecular weight is 700 g/mol. The van der Waals surface area contributed by atoms with E-state index in [1.807, 2.05) is 32.4 Å². The minimum absolute atomic E-state index is 0.0162. The Morgan fingerprint density at radius 3 is 1.81 bits per heavy atom. The van der Waals surface area contributed by atoms with Gasteiger partial charge in [0.05, 0.1) is 26.2 Å². The first kappa shape index (κ1) is 43.9. The summed E-state index contributed by atoms with van der Waals surface area (Å²) in [5, 5.41) is 9.55. The van der Waals surface area contributed by atoms with Crippen molar-refractivity contribution in [3.8, 4) is 0 Å². The fourth-order valence-electron chi connectivity index (χ4n) is 3.65. The molecule has 0 aliphatic rings. The molecule has 4 amide bonds. The Balaban J connectivity index is 5.89. The first-order valence-electron chi connectivity index (χ1n) is 15.1. The molecule has 0 rings (SSSR count). The largest absolute Gasteiger partial charge is 0.461 e. The maximum Gasteiger partial charge on any atom is 0.408 e. The van der Waals surface area contributed by atoms with E-state index < -0.39 is 82.0 Å². The zero-order valence-corrected chi connectivity index (χ0v) is 29.3. The van der Waals surface area contributed by atoms with Crippen LogP contribution in [0.1, 0.15) is 41.0 Å². The third-order valence-electron chi connectivity index (χ3n) is 5.71. The molecule has 0 heterocycles. The molecule has 17 heteroatoms. The van der Waals surface area contributed by atoms with E-state index >= 15 is 0 Å². The lowest BCUT2D eigenvalue weighted by atomic mass is 10.2. The van der Waals surface area contributed by atoms with E-state index in [2.05, 4.69) is 47.6 Å². The summed E-state index contributed by atoms with van der Waals surface area (Å²) in [6.45, 7) is 21.9. The van der Waals surface area contributed by atoms with Crippen molar-refractivity contribution in [3.63, 3.8) is 0 Å². The summed E-state index contributed by atoms with van der Waals surface area (Å²) >= 11 is 0. The van der Waals surface area contributed by atoms with Crippen molar-refractivity contribution in [1.82, 2.24) is 25.9 Å². The van der Waals surface area contributed by atoms with Gasteiger partial charge in [-0.1, -0.05) is 44.0 Å². The molecule has 270 valence electrons. The number of esters is 2. The second-order valence-corrected chi connectivity index (χ2v) is 11.9. The van der Waals surface area contributed by atoms with Crippen LogP contribution in [0.15, 0.2) is 50.6 Å². The van der Waals surface area contributed by atoms with Gasteiger partial charge in [-0.2, -0.15) is 0 Å². The predicted molar refractivity (Wildman–Crippen MR) is 179 cm³/mol. The Labute approximate surface area is 283 Å². The van der Waals surface area contributed by atoms with Crippen molar-refractivity contribution in [2.24, 2.45) is 0 Å². The molecule has 0 saturated heterocycles. The van der Waals surface area contributed by atoms with Crippen LogP contribution in [-0.4, -0.2) is 110 Å². The van der Waals surface area contributed by atoms with Gasteiger partial charge in [-0.3, -0.25) is 19.2 Å². The summed E-state index contributed by atoms with van der Waals surface area (Å²) in [5.41, 5.74) is 0. The molecule has 0 aliphatic carbocycles. The molecule has 0 aliphatic heterocycles. The van der Waals surface area contributed by atoms with Crippen LogP contribution in [0, 0.1) is 0 Å². The van der Waals surface area contributed by atoms with Crippen LogP contribution in [0.2, 0.25) is 0 Å². The van der Waals surface area contributed by atoms with Crippen LogP contribution >= 0.6 is 8.53 Å². The molecule has 4 N–H and O–H groups in total. The van der Waals surface area contributed by atoms with Crippen LogP contribution in [0.5, 0.6) is 0 Å². The van der Waals surface area contributed by atoms with E-state index in [4.69, 9.17) is 23.3 Å². The summed E-state index contributed by atoms with van der Waals surface area (Å²) in [4.78, 5) is 75.6. The normalized spacial score (nSPS) is 13.2. The van der Waals surface area contributed by atoms with Crippen LogP contribution in [0.25, 0.3) is 0 Å². The number of ether oxygens (including phenoxy) is 3. The highest BCUT2D eigenvalue weighted by molar-refractivity contribution is 7.44. The number of nitrogens with zero attached hydrogens (tertiary/aromatic N) is 1. The van der Waals surface area contributed by atoms with E-state index in [1.54, 1.807) is 6.08 Å². The van der Waals surface area contributed by atoms with Gasteiger partial charge in [0.1, 0.15) is 37.9 Å². The zero-order chi connectivity index (χ0) is 36.6. The van der Waals surface area contributed by atoms with Crippen molar-refractivity contribution in [1.29, 1.82) is 0 Å². The van der Waals surface area contributed by atoms with Crippen LogP contribution in [0.4, 0.5) is 4.79 Å². The SMILES string of the molecule is C=CCOC(=O)C[C@H](NC(=O)CNC(=O)[C@H](COP(OCC=C)N(C(C)C)C(C)C)NC(=O)[C@H](C)NC(=O)OCC=C)C(=O)OCC=C. The molecule has 0 aromatic rings. The van der Waals surface area contributed by atoms with Gasteiger partial charge >= 0.3 is 18.0 Å². The quantitative estimate of drug-likeness (QED) is 0.0467. The van der Waals surface area contributed by atoms with Gasteiger partial charge in [-0.15, -0.1) is 6.58 Å². The monoisotopic (exact) mass is 699 g/mol. The number of amides is 4. The third kappa shape index (κ3) is 18.3. The second kappa shape index (κ2) is 25.0. The first-order valence-corrected chi connectivity index (χ1v) is 16.3. The fourth-order valence-corrected chi connectivity index (χ4v) is 5.25. The van der Waals surface area contributed by atoms with Gasteiger partial charge in [0.25, 0.3) is 8.53 Å². The molecule has 4 atom stereocenters. The molecular formula is C31H50N5O11P. The number of nitrogens with one attached hydrogen (secondary N) is 4. The summed E-state index contributed by atoms with van der Waals surface area (Å²) in [6.07, 6.45) is 4.10. The molecule has 0 aromatic heterocycles. The minimum atomic E-state index is -1.74. The summed E-state index contributed by atoms with van der Waals surface area (Å²) in [6, 6.07) is -3.97. The third-order valence-corrected chi connectivity index (χ3v) is 7.75. The fraction of sp³-hybridized carbons (Fsp3) is 0.548. The number of hydrogen-bond donors (Lipinski definition) is 4. The van der Waals surface area contributed by atoms with Crippen molar-refractivity contribution in [2.45, 2.75) is 71.2 Å². The maximum absolute atomic E-state index is 13.3. The maximum atomic E-state index is 13.3. The first-order chi connectivity index (χ1) is 22.7. The average Bonchev–Trinajstić information content (AvgIpc) is 3.03. The summed E-state index contributed by atoms with van der Waals surface area (Å²) in [5.74, 6) is -4.18. The van der Waals surface area contributed by atoms with E-state index in [1.165, 1.54) is 25.2 Å². The topological polar surface area (TPSA) is 200 Å². The molecule has 0 aromatic carbocycles. The molecule has 0 saturated carbocycles. The zero-order valence-electron chi connectivity index (χ0n) is 28.4. The molecule has 0 spiro atoms. The summed E-state index contributed by atoms with van der Waals surface area (Å²) in [7, 11) is -1.74. The molecule has 48 heavy (non-hydrogen) atoms. The van der Waals surface area contributed by atoms with Crippen LogP contribution in [0.3, 0.4) is 0 Å². The van der Waals surface area contributed by atoms with Crippen molar-refractivity contribution < 1.29 is 52.0 Å². The lowest BCUT2D eigenvalue weighted by Gasteiger charge is -2.36. The van der Waals surface area contributed by atoms with Gasteiger partial charge in [0, 0.05) is 12.1 Å². The number of carbonyl (C=O) groups is 6. The molecule has 1 unspecified atom stereocenters. The van der Waals surface area contributed by atoms with Crippen LogP contribution in [-0.2, 0) is 47.2 Å². The van der Waals surface area contributed by atoms with Crippen molar-refractivity contribution in [2.75, 3.05) is 39.6 Å². The standard InChI is InChI=1S/C31H50N5O11P/c1-10-14-43-27(38)18-24(30(41)44-15-11-2)34-26(37)19-32-29(40)25(35-28(39)23(9)33-31(42)45-16-12-3)20-47-48(46-17-13-4)36(21(5)6)22(7)8/h10-13,21-25H,1-4,14-20H2,5-9H3,(H,32,40)(H,33,42)(H,34,37)(H,35,39)/t23-,24-,25-,48?/m0/s1. The molecule has 0 fully saturated rings. The highest BCUT2D eigenvalue weighted by atomic mass is 31.2. The molecule has 0 bridgehead atoms. The number of alkyl carbamates (subject to hydrolysis) is 1. The smallest absolute Gasteiger partial charge is 0.408 e. The van der Waals surface area contributed by atoms with Gasteiger partial charge in [0.2, 0.25) is 17.7 Å². The van der Waals surface area contributed by atoms with Gasteiger partial charge in [0.15, 0.2) is 0 Å². The molecule has 0 radical (unpaired) electrons. The van der Waals surface area contributed by atoms with E-state index in [-0.39, 0.29) is 38.5 Å². The summed E-state index contributed by atoms with van der Waals surface area (Å²) < 4.78 is 28.5.